The summed E-state index contributed by atoms with van der Waals surface area (Å²) < 4.78 is 21.0. The molecule has 0 aliphatic rings. The topological polar surface area (TPSA) is 98.1 Å². The van der Waals surface area contributed by atoms with Gasteiger partial charge in [-0.1, -0.05) is 36.0 Å². The first-order valence-corrected chi connectivity index (χ1v) is 11.5. The number of nitrogens with zero attached hydrogens (tertiary/aromatic N) is 3. The zero-order valence-electron chi connectivity index (χ0n) is 19.2. The number of anilines is 1. The van der Waals surface area contributed by atoms with Crippen LogP contribution in [-0.4, -0.2) is 39.4 Å². The van der Waals surface area contributed by atoms with E-state index in [0.717, 1.165) is 5.56 Å². The number of aromatic nitrogens is 3. The van der Waals surface area contributed by atoms with E-state index in [4.69, 9.17) is 4.74 Å². The van der Waals surface area contributed by atoms with Gasteiger partial charge in [-0.2, -0.15) is 0 Å². The lowest BCUT2D eigenvalue weighted by molar-refractivity contribution is -0.113. The van der Waals surface area contributed by atoms with Crippen LogP contribution in [0.15, 0.2) is 60.3 Å². The van der Waals surface area contributed by atoms with Gasteiger partial charge in [-0.15, -0.1) is 16.8 Å². The summed E-state index contributed by atoms with van der Waals surface area (Å²) in [5.41, 5.74) is 1.53. The highest BCUT2D eigenvalue weighted by atomic mass is 32.2. The summed E-state index contributed by atoms with van der Waals surface area (Å²) in [5.74, 6) is -0.271. The minimum absolute atomic E-state index is 0.0537. The molecule has 3 aromatic rings. The van der Waals surface area contributed by atoms with Gasteiger partial charge in [-0.3, -0.25) is 9.59 Å². The average molecular weight is 484 g/mol. The summed E-state index contributed by atoms with van der Waals surface area (Å²) in [6.07, 6.45) is 1.67. The lowest BCUT2D eigenvalue weighted by Crippen LogP contribution is -2.29. The van der Waals surface area contributed by atoms with E-state index in [1.165, 1.54) is 30.0 Å². The molecule has 1 heterocycles. The van der Waals surface area contributed by atoms with Gasteiger partial charge in [0, 0.05) is 6.54 Å². The Morgan fingerprint density at radius 2 is 2.03 bits per heavy atom. The van der Waals surface area contributed by atoms with Gasteiger partial charge in [0.15, 0.2) is 11.0 Å². The normalized spacial score (nSPS) is 11.5. The van der Waals surface area contributed by atoms with E-state index >= 15 is 0 Å². The molecule has 2 amide bonds. The lowest BCUT2D eigenvalue weighted by atomic mass is 10.2. The van der Waals surface area contributed by atoms with E-state index in [0.29, 0.717) is 29.0 Å². The standard InChI is InChI=1S/C24H26FN5O3S/c1-5-12-30-22(16(3)26-23(32)17-8-6-7-9-18(17)25)28-29-24(30)34-14-21(31)27-19-13-15(2)10-11-20(19)33-4/h5-11,13,16H,1,12,14H2,2-4H3,(H,26,32)(H,27,31)/t16-/m1/s1. The van der Waals surface area contributed by atoms with Crippen molar-refractivity contribution in [2.75, 3.05) is 18.2 Å². The molecule has 2 N–H and O–H groups in total. The van der Waals surface area contributed by atoms with Crippen LogP contribution in [0.2, 0.25) is 0 Å². The Hall–Kier alpha value is -3.66. The molecule has 0 bridgehead atoms. The van der Waals surface area contributed by atoms with Crippen LogP contribution < -0.4 is 15.4 Å². The number of carbonyl (C=O) groups excluding carboxylic acids is 2. The second-order valence-corrected chi connectivity index (χ2v) is 8.40. The Kier molecular flexibility index (Phi) is 8.42. The van der Waals surface area contributed by atoms with Crippen molar-refractivity contribution in [1.82, 2.24) is 20.1 Å². The van der Waals surface area contributed by atoms with Crippen LogP contribution in [0.1, 0.15) is 34.7 Å². The Bertz CT molecular complexity index is 1200. The van der Waals surface area contributed by atoms with Gasteiger partial charge in [-0.05, 0) is 43.7 Å². The Labute approximate surface area is 201 Å². The molecule has 34 heavy (non-hydrogen) atoms. The fraction of sp³-hybridized carbons (Fsp3) is 0.250. The second-order valence-electron chi connectivity index (χ2n) is 7.46. The van der Waals surface area contributed by atoms with Crippen LogP contribution in [0.4, 0.5) is 10.1 Å². The average Bonchev–Trinajstić information content (AvgIpc) is 3.21. The van der Waals surface area contributed by atoms with E-state index in [2.05, 4.69) is 27.4 Å². The first-order chi connectivity index (χ1) is 16.3. The number of benzene rings is 2. The fourth-order valence-corrected chi connectivity index (χ4v) is 4.00. The maximum atomic E-state index is 13.9. The Balaban J connectivity index is 1.69. The highest BCUT2D eigenvalue weighted by molar-refractivity contribution is 7.99. The van der Waals surface area contributed by atoms with Gasteiger partial charge in [0.1, 0.15) is 11.6 Å². The molecule has 0 unspecified atom stereocenters. The Morgan fingerprint density at radius 3 is 2.74 bits per heavy atom. The van der Waals surface area contributed by atoms with Gasteiger partial charge >= 0.3 is 0 Å². The number of aryl methyl sites for hydroxylation is 1. The molecule has 1 atom stereocenters. The summed E-state index contributed by atoms with van der Waals surface area (Å²) in [5, 5.41) is 14.5. The minimum atomic E-state index is -0.604. The largest absolute Gasteiger partial charge is 0.495 e. The van der Waals surface area contributed by atoms with E-state index in [-0.39, 0.29) is 17.2 Å². The van der Waals surface area contributed by atoms with E-state index in [1.807, 2.05) is 19.1 Å². The van der Waals surface area contributed by atoms with Gasteiger partial charge in [0.2, 0.25) is 5.91 Å². The number of nitrogens with one attached hydrogen (secondary N) is 2. The molecule has 0 aliphatic heterocycles. The summed E-state index contributed by atoms with van der Waals surface area (Å²) in [6, 6.07) is 10.7. The van der Waals surface area contributed by atoms with Crippen molar-refractivity contribution < 1.29 is 18.7 Å². The van der Waals surface area contributed by atoms with Gasteiger partial charge in [0.25, 0.3) is 5.91 Å². The lowest BCUT2D eigenvalue weighted by Gasteiger charge is -2.15. The summed E-state index contributed by atoms with van der Waals surface area (Å²) in [6.45, 7) is 7.79. The van der Waals surface area contributed by atoms with Crippen LogP contribution in [0, 0.1) is 12.7 Å². The van der Waals surface area contributed by atoms with Crippen LogP contribution in [-0.2, 0) is 11.3 Å². The third kappa shape index (κ3) is 6.02. The number of hydrogen-bond donors (Lipinski definition) is 2. The number of hydrogen-bond acceptors (Lipinski definition) is 6. The molecule has 178 valence electrons. The SMILES string of the molecule is C=CCn1c(SCC(=O)Nc2cc(C)ccc2OC)nnc1[C@@H](C)NC(=O)c1ccccc1F. The van der Waals surface area contributed by atoms with Crippen molar-refractivity contribution in [3.05, 3.63) is 77.9 Å². The molecule has 8 nitrogen and oxygen atoms in total. The maximum Gasteiger partial charge on any atom is 0.254 e. The van der Waals surface area contributed by atoms with E-state index in [9.17, 15) is 14.0 Å². The molecular weight excluding hydrogens is 457 g/mol. The molecule has 1 aromatic heterocycles. The third-order valence-electron chi connectivity index (χ3n) is 4.87. The fourth-order valence-electron chi connectivity index (χ4n) is 3.25. The third-order valence-corrected chi connectivity index (χ3v) is 5.84. The van der Waals surface area contributed by atoms with Crippen LogP contribution >= 0.6 is 11.8 Å². The van der Waals surface area contributed by atoms with Crippen LogP contribution in [0.3, 0.4) is 0 Å². The molecular formula is C24H26FN5O3S. The van der Waals surface area contributed by atoms with Gasteiger partial charge in [-0.25, -0.2) is 4.39 Å². The number of amides is 2. The van der Waals surface area contributed by atoms with Crippen molar-refractivity contribution in [2.45, 2.75) is 31.6 Å². The molecule has 10 heteroatoms. The maximum absolute atomic E-state index is 13.9. The molecule has 0 fully saturated rings. The monoisotopic (exact) mass is 483 g/mol. The predicted octanol–water partition coefficient (Wildman–Crippen LogP) is 4.14. The van der Waals surface area contributed by atoms with Crippen molar-refractivity contribution in [3.8, 4) is 5.75 Å². The Morgan fingerprint density at radius 1 is 1.26 bits per heavy atom. The number of rotatable bonds is 10. The highest BCUT2D eigenvalue weighted by Crippen LogP contribution is 2.26. The number of halogens is 1. The van der Waals surface area contributed by atoms with Crippen molar-refractivity contribution in [1.29, 1.82) is 0 Å². The number of allylic oxidation sites excluding steroid dienone is 1. The first kappa shape index (κ1) is 25.0. The number of ether oxygens (including phenoxy) is 1. The minimum Gasteiger partial charge on any atom is -0.495 e. The second kappa shape index (κ2) is 11.5. The molecule has 0 spiro atoms. The van der Waals surface area contributed by atoms with Gasteiger partial charge in [0.05, 0.1) is 30.2 Å². The quantitative estimate of drug-likeness (QED) is 0.332. The number of thioether (sulfide) groups is 1. The highest BCUT2D eigenvalue weighted by Gasteiger charge is 2.21. The number of carbonyl (C=O) groups is 2. The zero-order valence-corrected chi connectivity index (χ0v) is 20.0. The summed E-state index contributed by atoms with van der Waals surface area (Å²) in [7, 11) is 1.54. The van der Waals surface area contributed by atoms with Crippen molar-refractivity contribution >= 4 is 29.3 Å². The van der Waals surface area contributed by atoms with Crippen molar-refractivity contribution in [3.63, 3.8) is 0 Å². The van der Waals surface area contributed by atoms with Gasteiger partial charge < -0.3 is 19.9 Å². The van der Waals surface area contributed by atoms with Crippen molar-refractivity contribution in [2.24, 2.45) is 0 Å². The molecule has 0 radical (unpaired) electrons. The van der Waals surface area contributed by atoms with Crippen LogP contribution in [0.5, 0.6) is 5.75 Å². The summed E-state index contributed by atoms with van der Waals surface area (Å²) in [4.78, 5) is 25.0. The van der Waals surface area contributed by atoms with E-state index < -0.39 is 17.8 Å². The van der Waals surface area contributed by atoms with E-state index in [1.54, 1.807) is 36.8 Å². The van der Waals surface area contributed by atoms with Crippen LogP contribution in [0.25, 0.3) is 0 Å². The molecule has 0 saturated carbocycles. The molecule has 0 aliphatic carbocycles. The molecule has 0 saturated heterocycles. The first-order valence-electron chi connectivity index (χ1n) is 10.5. The predicted molar refractivity (Wildman–Crippen MR) is 130 cm³/mol. The zero-order chi connectivity index (χ0) is 24.7. The molecule has 3 rings (SSSR count). The number of methoxy groups -OCH3 is 1. The molecule has 2 aromatic carbocycles. The smallest absolute Gasteiger partial charge is 0.254 e. The summed E-state index contributed by atoms with van der Waals surface area (Å²) >= 11 is 1.20.